The van der Waals surface area contributed by atoms with E-state index in [1.54, 1.807) is 30.3 Å². The summed E-state index contributed by atoms with van der Waals surface area (Å²) in [5.41, 5.74) is 1.29. The van der Waals surface area contributed by atoms with Gasteiger partial charge in [0.1, 0.15) is 12.1 Å². The van der Waals surface area contributed by atoms with Gasteiger partial charge in [-0.3, -0.25) is 14.4 Å². The second-order valence-electron chi connectivity index (χ2n) is 5.65. The lowest BCUT2D eigenvalue weighted by Gasteiger charge is -2.20. The highest BCUT2D eigenvalue weighted by molar-refractivity contribution is 5.98. The molecule has 0 fully saturated rings. The van der Waals surface area contributed by atoms with Crippen LogP contribution in [0.5, 0.6) is 0 Å². The van der Waals surface area contributed by atoms with E-state index in [0.717, 1.165) is 5.56 Å². The van der Waals surface area contributed by atoms with E-state index in [-0.39, 0.29) is 12.3 Å². The molecule has 6 nitrogen and oxygen atoms in total. The molecule has 0 heterocycles. The molecular formula is C19H20N2O4. The number of benzene rings is 2. The minimum Gasteiger partial charge on any atom is -0.480 e. The minimum absolute atomic E-state index is 0.261. The van der Waals surface area contributed by atoms with E-state index < -0.39 is 24.0 Å². The monoisotopic (exact) mass is 340 g/mol. The Hall–Kier alpha value is -3.15. The molecule has 0 bridgehead atoms. The fraction of sp³-hybridized carbons (Fsp3) is 0.211. The Kier molecular flexibility index (Phi) is 6.28. The van der Waals surface area contributed by atoms with E-state index in [0.29, 0.717) is 5.56 Å². The average molecular weight is 340 g/mol. The van der Waals surface area contributed by atoms with Crippen LogP contribution >= 0.6 is 0 Å². The van der Waals surface area contributed by atoms with E-state index in [1.807, 2.05) is 30.3 Å². The van der Waals surface area contributed by atoms with Crippen LogP contribution in [0.1, 0.15) is 22.8 Å². The van der Waals surface area contributed by atoms with Gasteiger partial charge >= 0.3 is 5.97 Å². The van der Waals surface area contributed by atoms with Crippen LogP contribution in [0.25, 0.3) is 0 Å². The van der Waals surface area contributed by atoms with Crippen molar-refractivity contribution < 1.29 is 19.5 Å². The van der Waals surface area contributed by atoms with Crippen molar-refractivity contribution in [1.29, 1.82) is 0 Å². The molecule has 2 amide bonds. The normalized spacial score (nSPS) is 12.7. The number of nitrogens with one attached hydrogen (secondary N) is 2. The molecule has 0 spiro atoms. The third kappa shape index (κ3) is 5.46. The third-order valence-corrected chi connectivity index (χ3v) is 3.67. The predicted molar refractivity (Wildman–Crippen MR) is 93.1 cm³/mol. The lowest BCUT2D eigenvalue weighted by atomic mass is 10.0. The molecule has 2 rings (SSSR count). The largest absolute Gasteiger partial charge is 0.480 e. The molecule has 130 valence electrons. The standard InChI is InChI=1S/C19H20N2O4/c1-13(19(24)25)20-18(23)16(12-14-8-4-2-5-9-14)21-17(22)15-10-6-3-7-11-15/h2-11,13,16H,12H2,1H3,(H,20,23)(H,21,22)(H,24,25)/t13-,16+/m1/s1. The zero-order chi connectivity index (χ0) is 18.2. The minimum atomic E-state index is -1.14. The van der Waals surface area contributed by atoms with Crippen molar-refractivity contribution >= 4 is 17.8 Å². The van der Waals surface area contributed by atoms with Gasteiger partial charge in [-0.1, -0.05) is 48.5 Å². The number of rotatable bonds is 7. The summed E-state index contributed by atoms with van der Waals surface area (Å²) in [7, 11) is 0. The average Bonchev–Trinajstić information content (AvgIpc) is 2.62. The van der Waals surface area contributed by atoms with Crippen LogP contribution < -0.4 is 10.6 Å². The lowest BCUT2D eigenvalue weighted by Crippen LogP contribution is -2.51. The van der Waals surface area contributed by atoms with Crippen LogP contribution in [-0.2, 0) is 16.0 Å². The maximum Gasteiger partial charge on any atom is 0.325 e. The third-order valence-electron chi connectivity index (χ3n) is 3.67. The van der Waals surface area contributed by atoms with Crippen molar-refractivity contribution in [3.8, 4) is 0 Å². The Morgan fingerprint density at radius 1 is 0.920 bits per heavy atom. The van der Waals surface area contributed by atoms with E-state index in [9.17, 15) is 14.4 Å². The van der Waals surface area contributed by atoms with E-state index >= 15 is 0 Å². The quantitative estimate of drug-likeness (QED) is 0.714. The van der Waals surface area contributed by atoms with Gasteiger partial charge in [-0.25, -0.2) is 0 Å². The predicted octanol–water partition coefficient (Wildman–Crippen LogP) is 1.62. The number of hydrogen-bond acceptors (Lipinski definition) is 3. The number of carboxylic acid groups (broad SMARTS) is 1. The summed E-state index contributed by atoms with van der Waals surface area (Å²) in [4.78, 5) is 35.8. The molecular weight excluding hydrogens is 320 g/mol. The number of hydrogen-bond donors (Lipinski definition) is 3. The fourth-order valence-electron chi connectivity index (χ4n) is 2.27. The summed E-state index contributed by atoms with van der Waals surface area (Å²) in [5.74, 6) is -2.07. The second-order valence-corrected chi connectivity index (χ2v) is 5.65. The topological polar surface area (TPSA) is 95.5 Å². The van der Waals surface area contributed by atoms with Gasteiger partial charge < -0.3 is 15.7 Å². The molecule has 0 aromatic heterocycles. The Bertz CT molecular complexity index is 732. The van der Waals surface area contributed by atoms with Gasteiger partial charge in [0, 0.05) is 12.0 Å². The second kappa shape index (κ2) is 8.63. The molecule has 2 aromatic rings. The van der Waals surface area contributed by atoms with E-state index in [1.165, 1.54) is 6.92 Å². The van der Waals surface area contributed by atoms with Crippen molar-refractivity contribution in [3.63, 3.8) is 0 Å². The Labute approximate surface area is 145 Å². The lowest BCUT2D eigenvalue weighted by molar-refractivity contribution is -0.141. The van der Waals surface area contributed by atoms with Crippen LogP contribution in [0.2, 0.25) is 0 Å². The number of aliphatic carboxylic acids is 1. The summed E-state index contributed by atoms with van der Waals surface area (Å²) < 4.78 is 0. The summed E-state index contributed by atoms with van der Waals surface area (Å²) in [6.45, 7) is 1.37. The van der Waals surface area contributed by atoms with Gasteiger partial charge in [0.05, 0.1) is 0 Å². The highest BCUT2D eigenvalue weighted by Crippen LogP contribution is 2.06. The molecule has 0 aliphatic heterocycles. The molecule has 2 aromatic carbocycles. The fourth-order valence-corrected chi connectivity index (χ4v) is 2.27. The van der Waals surface area contributed by atoms with Crippen molar-refractivity contribution in [2.75, 3.05) is 0 Å². The summed E-state index contributed by atoms with van der Waals surface area (Å²) >= 11 is 0. The van der Waals surface area contributed by atoms with Crippen LogP contribution in [0.4, 0.5) is 0 Å². The van der Waals surface area contributed by atoms with Gasteiger partial charge in [-0.05, 0) is 24.6 Å². The van der Waals surface area contributed by atoms with Crippen LogP contribution in [0.3, 0.4) is 0 Å². The Morgan fingerprint density at radius 2 is 1.48 bits per heavy atom. The summed E-state index contributed by atoms with van der Waals surface area (Å²) in [5, 5.41) is 14.0. The first-order chi connectivity index (χ1) is 12.0. The maximum atomic E-state index is 12.4. The number of amides is 2. The van der Waals surface area contributed by atoms with Crippen LogP contribution in [0, 0.1) is 0 Å². The van der Waals surface area contributed by atoms with Crippen molar-refractivity contribution in [3.05, 3.63) is 71.8 Å². The van der Waals surface area contributed by atoms with Crippen LogP contribution in [0.15, 0.2) is 60.7 Å². The molecule has 0 saturated carbocycles. The number of carbonyl (C=O) groups excluding carboxylic acids is 2. The molecule has 6 heteroatoms. The molecule has 3 N–H and O–H groups in total. The molecule has 0 aliphatic rings. The first-order valence-electron chi connectivity index (χ1n) is 7.90. The van der Waals surface area contributed by atoms with Crippen LogP contribution in [-0.4, -0.2) is 35.0 Å². The van der Waals surface area contributed by atoms with Gasteiger partial charge in [-0.15, -0.1) is 0 Å². The molecule has 0 unspecified atom stereocenters. The summed E-state index contributed by atoms with van der Waals surface area (Å²) in [6.07, 6.45) is 0.261. The zero-order valence-corrected chi connectivity index (χ0v) is 13.8. The van der Waals surface area contributed by atoms with Crippen molar-refractivity contribution in [2.45, 2.75) is 25.4 Å². The zero-order valence-electron chi connectivity index (χ0n) is 13.8. The van der Waals surface area contributed by atoms with Crippen molar-refractivity contribution in [1.82, 2.24) is 10.6 Å². The molecule has 2 atom stereocenters. The van der Waals surface area contributed by atoms with E-state index in [2.05, 4.69) is 10.6 Å². The number of carbonyl (C=O) groups is 3. The van der Waals surface area contributed by atoms with Gasteiger partial charge in [0.15, 0.2) is 0 Å². The molecule has 0 saturated heterocycles. The molecule has 0 radical (unpaired) electrons. The molecule has 0 aliphatic carbocycles. The first-order valence-corrected chi connectivity index (χ1v) is 7.90. The maximum absolute atomic E-state index is 12.4. The smallest absolute Gasteiger partial charge is 0.325 e. The van der Waals surface area contributed by atoms with Gasteiger partial charge in [-0.2, -0.15) is 0 Å². The van der Waals surface area contributed by atoms with E-state index in [4.69, 9.17) is 5.11 Å². The van der Waals surface area contributed by atoms with Crippen molar-refractivity contribution in [2.24, 2.45) is 0 Å². The highest BCUT2D eigenvalue weighted by Gasteiger charge is 2.24. The highest BCUT2D eigenvalue weighted by atomic mass is 16.4. The summed E-state index contributed by atoms with van der Waals surface area (Å²) in [6, 6.07) is 15.8. The Morgan fingerprint density at radius 3 is 2.04 bits per heavy atom. The van der Waals surface area contributed by atoms with Gasteiger partial charge in [0.2, 0.25) is 5.91 Å². The molecule has 25 heavy (non-hydrogen) atoms. The number of carboxylic acids is 1. The Balaban J connectivity index is 2.15. The SMILES string of the molecule is C[C@@H](NC(=O)[C@H](Cc1ccccc1)NC(=O)c1ccccc1)C(=O)O. The first kappa shape index (κ1) is 18.2. The van der Waals surface area contributed by atoms with Gasteiger partial charge in [0.25, 0.3) is 5.91 Å².